The van der Waals surface area contributed by atoms with Crippen molar-refractivity contribution in [2.24, 2.45) is 0 Å². The van der Waals surface area contributed by atoms with Crippen LogP contribution in [0.2, 0.25) is 0 Å². The number of aryl methyl sites for hydroxylation is 1. The van der Waals surface area contributed by atoms with Crippen LogP contribution in [0.4, 0.5) is 0 Å². The van der Waals surface area contributed by atoms with Crippen molar-refractivity contribution >= 4 is 0 Å². The van der Waals surface area contributed by atoms with Crippen molar-refractivity contribution in [1.82, 2.24) is 5.32 Å². The molecule has 0 aromatic heterocycles. The van der Waals surface area contributed by atoms with Crippen LogP contribution in [0.1, 0.15) is 31.7 Å². The molecule has 0 radical (unpaired) electrons. The second-order valence-electron chi connectivity index (χ2n) is 5.77. The number of nitrogens with one attached hydrogen (secondary N) is 1. The zero-order valence-electron chi connectivity index (χ0n) is 11.8. The fraction of sp³-hybridized carbons (Fsp3) is 0.625. The Morgan fingerprint density at radius 1 is 1.37 bits per heavy atom. The number of rotatable bonds is 6. The lowest BCUT2D eigenvalue weighted by Crippen LogP contribution is -2.45. The van der Waals surface area contributed by atoms with Gasteiger partial charge in [-0.3, -0.25) is 0 Å². The highest BCUT2D eigenvalue weighted by Crippen LogP contribution is 2.21. The molecule has 2 rings (SSSR count). The highest BCUT2D eigenvalue weighted by molar-refractivity contribution is 5.14. The van der Waals surface area contributed by atoms with E-state index in [1.54, 1.807) is 0 Å². The average Bonchev–Trinajstić information content (AvgIpc) is 2.40. The van der Waals surface area contributed by atoms with Crippen LogP contribution in [-0.2, 0) is 11.2 Å². The van der Waals surface area contributed by atoms with Gasteiger partial charge in [0, 0.05) is 12.6 Å². The molecule has 0 amide bonds. The topological polar surface area (TPSA) is 41.5 Å². The minimum Gasteiger partial charge on any atom is -0.390 e. The lowest BCUT2D eigenvalue weighted by molar-refractivity contribution is -0.0000990. The molecule has 0 saturated carbocycles. The Hall–Kier alpha value is -0.900. The minimum atomic E-state index is -0.604. The summed E-state index contributed by atoms with van der Waals surface area (Å²) in [6.45, 7) is 4.33. The first-order valence-corrected chi connectivity index (χ1v) is 7.23. The van der Waals surface area contributed by atoms with Crippen molar-refractivity contribution < 1.29 is 9.84 Å². The summed E-state index contributed by atoms with van der Waals surface area (Å²) in [5.41, 5.74) is 0.741. The lowest BCUT2D eigenvalue weighted by Gasteiger charge is -2.31. The Morgan fingerprint density at radius 2 is 2.16 bits per heavy atom. The lowest BCUT2D eigenvalue weighted by atomic mass is 9.90. The Bertz CT molecular complexity index is 358. The predicted molar refractivity (Wildman–Crippen MR) is 77.2 cm³/mol. The van der Waals surface area contributed by atoms with E-state index >= 15 is 0 Å². The van der Waals surface area contributed by atoms with Gasteiger partial charge in [0.05, 0.1) is 18.8 Å². The van der Waals surface area contributed by atoms with Gasteiger partial charge in [-0.05, 0) is 38.2 Å². The third kappa shape index (κ3) is 5.31. The van der Waals surface area contributed by atoms with Gasteiger partial charge in [0.1, 0.15) is 0 Å². The molecule has 1 aliphatic heterocycles. The van der Waals surface area contributed by atoms with E-state index in [1.165, 1.54) is 5.56 Å². The van der Waals surface area contributed by atoms with E-state index in [0.717, 1.165) is 45.4 Å². The smallest absolute Gasteiger partial charge is 0.0635 e. The highest BCUT2D eigenvalue weighted by atomic mass is 16.5. The summed E-state index contributed by atoms with van der Waals surface area (Å²) in [6, 6.07) is 10.7. The molecule has 0 bridgehead atoms. The second-order valence-corrected chi connectivity index (χ2v) is 5.77. The van der Waals surface area contributed by atoms with Gasteiger partial charge in [-0.15, -0.1) is 0 Å². The van der Waals surface area contributed by atoms with Gasteiger partial charge < -0.3 is 15.2 Å². The maximum atomic E-state index is 10.4. The van der Waals surface area contributed by atoms with Crippen LogP contribution in [-0.4, -0.2) is 36.5 Å². The van der Waals surface area contributed by atoms with Gasteiger partial charge in [0.15, 0.2) is 0 Å². The SMILES string of the molecule is CC(O)(CCCc1ccccc1)CC1COCCN1. The molecule has 0 spiro atoms. The molecular formula is C16H25NO2. The van der Waals surface area contributed by atoms with Gasteiger partial charge >= 0.3 is 0 Å². The Kier molecular flexibility index (Phi) is 5.37. The van der Waals surface area contributed by atoms with E-state index in [-0.39, 0.29) is 0 Å². The fourth-order valence-corrected chi connectivity index (χ4v) is 2.70. The Morgan fingerprint density at radius 3 is 2.84 bits per heavy atom. The van der Waals surface area contributed by atoms with Crippen LogP contribution in [0, 0.1) is 0 Å². The van der Waals surface area contributed by atoms with Crippen molar-refractivity contribution in [3.8, 4) is 0 Å². The summed E-state index contributed by atoms with van der Waals surface area (Å²) in [5, 5.41) is 13.8. The monoisotopic (exact) mass is 263 g/mol. The Labute approximate surface area is 116 Å². The molecule has 106 valence electrons. The summed E-state index contributed by atoms with van der Waals surface area (Å²) in [5.74, 6) is 0. The van der Waals surface area contributed by atoms with E-state index in [2.05, 4.69) is 29.6 Å². The van der Waals surface area contributed by atoms with Gasteiger partial charge in [-0.1, -0.05) is 30.3 Å². The van der Waals surface area contributed by atoms with Gasteiger partial charge in [-0.2, -0.15) is 0 Å². The maximum absolute atomic E-state index is 10.4. The third-order valence-electron chi connectivity index (χ3n) is 3.71. The normalized spacial score (nSPS) is 22.9. The Balaban J connectivity index is 1.71. The van der Waals surface area contributed by atoms with Crippen molar-refractivity contribution in [1.29, 1.82) is 0 Å². The quantitative estimate of drug-likeness (QED) is 0.826. The molecule has 1 aliphatic rings. The first-order valence-electron chi connectivity index (χ1n) is 7.23. The molecule has 19 heavy (non-hydrogen) atoms. The molecule has 1 aromatic carbocycles. The number of hydrogen-bond acceptors (Lipinski definition) is 3. The summed E-state index contributed by atoms with van der Waals surface area (Å²) >= 11 is 0. The molecule has 3 heteroatoms. The molecular weight excluding hydrogens is 238 g/mol. The molecule has 0 aliphatic carbocycles. The zero-order chi connectivity index (χ0) is 13.6. The maximum Gasteiger partial charge on any atom is 0.0635 e. The third-order valence-corrected chi connectivity index (χ3v) is 3.71. The standard InChI is InChI=1S/C16H25NO2/c1-16(18,12-15-13-19-11-10-17-15)9-5-8-14-6-3-2-4-7-14/h2-4,6-7,15,17-18H,5,8-13H2,1H3. The van der Waals surface area contributed by atoms with E-state index in [1.807, 2.05) is 13.0 Å². The zero-order valence-corrected chi connectivity index (χ0v) is 11.8. The number of aliphatic hydroxyl groups is 1. The predicted octanol–water partition coefficient (Wildman–Crippen LogP) is 2.14. The average molecular weight is 263 g/mol. The van der Waals surface area contributed by atoms with Crippen molar-refractivity contribution in [3.63, 3.8) is 0 Å². The fourth-order valence-electron chi connectivity index (χ4n) is 2.70. The van der Waals surface area contributed by atoms with Crippen LogP contribution in [0.3, 0.4) is 0 Å². The number of benzene rings is 1. The van der Waals surface area contributed by atoms with Crippen LogP contribution >= 0.6 is 0 Å². The molecule has 1 aromatic rings. The first kappa shape index (κ1) is 14.5. The molecule has 2 N–H and O–H groups in total. The van der Waals surface area contributed by atoms with Crippen molar-refractivity contribution in [3.05, 3.63) is 35.9 Å². The summed E-state index contributed by atoms with van der Waals surface area (Å²) in [4.78, 5) is 0. The van der Waals surface area contributed by atoms with E-state index in [0.29, 0.717) is 6.04 Å². The molecule has 3 nitrogen and oxygen atoms in total. The van der Waals surface area contributed by atoms with E-state index < -0.39 is 5.60 Å². The summed E-state index contributed by atoms with van der Waals surface area (Å²) < 4.78 is 5.43. The summed E-state index contributed by atoms with van der Waals surface area (Å²) in [6.07, 6.45) is 3.65. The number of ether oxygens (including phenoxy) is 1. The largest absolute Gasteiger partial charge is 0.390 e. The number of morpholine rings is 1. The highest BCUT2D eigenvalue weighted by Gasteiger charge is 2.26. The molecule has 1 saturated heterocycles. The molecule has 1 fully saturated rings. The first-order chi connectivity index (χ1) is 9.16. The van der Waals surface area contributed by atoms with E-state index in [9.17, 15) is 5.11 Å². The van der Waals surface area contributed by atoms with Crippen LogP contribution in [0.25, 0.3) is 0 Å². The molecule has 1 heterocycles. The van der Waals surface area contributed by atoms with Gasteiger partial charge in [-0.25, -0.2) is 0 Å². The molecule has 2 unspecified atom stereocenters. The second kappa shape index (κ2) is 7.04. The van der Waals surface area contributed by atoms with Crippen LogP contribution < -0.4 is 5.32 Å². The minimum absolute atomic E-state index is 0.292. The van der Waals surface area contributed by atoms with Gasteiger partial charge in [0.2, 0.25) is 0 Å². The summed E-state index contributed by atoms with van der Waals surface area (Å²) in [7, 11) is 0. The van der Waals surface area contributed by atoms with Crippen molar-refractivity contribution in [2.45, 2.75) is 44.2 Å². The molecule has 2 atom stereocenters. The van der Waals surface area contributed by atoms with Crippen LogP contribution in [0.15, 0.2) is 30.3 Å². The number of hydrogen-bond donors (Lipinski definition) is 2. The van der Waals surface area contributed by atoms with Crippen LogP contribution in [0.5, 0.6) is 0 Å². The van der Waals surface area contributed by atoms with E-state index in [4.69, 9.17) is 4.74 Å². The van der Waals surface area contributed by atoms with Gasteiger partial charge in [0.25, 0.3) is 0 Å². The van der Waals surface area contributed by atoms with Crippen molar-refractivity contribution in [2.75, 3.05) is 19.8 Å².